The molecule has 3 nitrogen and oxygen atoms in total. The van der Waals surface area contributed by atoms with Gasteiger partial charge in [0.25, 0.3) is 0 Å². The second kappa shape index (κ2) is 6.30. The number of para-hydroxylation sites is 1. The van der Waals surface area contributed by atoms with E-state index in [1.807, 2.05) is 24.3 Å². The maximum Gasteiger partial charge on any atom is 0.231 e. The molecule has 2 aromatic carbocycles. The van der Waals surface area contributed by atoms with Gasteiger partial charge >= 0.3 is 0 Å². The molecule has 20 heavy (non-hydrogen) atoms. The highest BCUT2D eigenvalue weighted by molar-refractivity contribution is 5.94. The van der Waals surface area contributed by atoms with E-state index >= 15 is 0 Å². The van der Waals surface area contributed by atoms with Crippen molar-refractivity contribution in [2.45, 2.75) is 13.0 Å². The summed E-state index contributed by atoms with van der Waals surface area (Å²) in [5, 5.41) is 0. The van der Waals surface area contributed by atoms with Crippen LogP contribution in [0.15, 0.2) is 48.5 Å². The summed E-state index contributed by atoms with van der Waals surface area (Å²) >= 11 is 0. The molecule has 0 atom stereocenters. The van der Waals surface area contributed by atoms with Crippen molar-refractivity contribution in [3.8, 4) is 0 Å². The van der Waals surface area contributed by atoms with Crippen molar-refractivity contribution < 1.29 is 9.18 Å². The minimum absolute atomic E-state index is 0.100. The minimum Gasteiger partial charge on any atom is -0.326 e. The molecule has 0 unspecified atom stereocenters. The third kappa shape index (κ3) is 3.22. The Bertz CT molecular complexity index is 613. The molecule has 4 heteroatoms. The van der Waals surface area contributed by atoms with Gasteiger partial charge in [-0.3, -0.25) is 4.79 Å². The molecule has 0 bridgehead atoms. The van der Waals surface area contributed by atoms with Gasteiger partial charge in [0.15, 0.2) is 0 Å². The summed E-state index contributed by atoms with van der Waals surface area (Å²) in [5.41, 5.74) is 8.03. The largest absolute Gasteiger partial charge is 0.326 e. The molecule has 0 spiro atoms. The van der Waals surface area contributed by atoms with Crippen LogP contribution in [0.3, 0.4) is 0 Å². The number of hydrogen-bond acceptors (Lipinski definition) is 2. The van der Waals surface area contributed by atoms with Crippen molar-refractivity contribution in [3.63, 3.8) is 0 Å². The minimum atomic E-state index is -0.333. The fourth-order valence-electron chi connectivity index (χ4n) is 2.09. The monoisotopic (exact) mass is 272 g/mol. The fraction of sp³-hybridized carbons (Fsp3) is 0.188. The Kier molecular flexibility index (Phi) is 4.48. The van der Waals surface area contributed by atoms with Gasteiger partial charge in [-0.25, -0.2) is 4.39 Å². The van der Waals surface area contributed by atoms with Gasteiger partial charge in [0, 0.05) is 19.3 Å². The molecule has 0 aliphatic rings. The quantitative estimate of drug-likeness (QED) is 0.929. The average molecular weight is 272 g/mol. The summed E-state index contributed by atoms with van der Waals surface area (Å²) in [6.07, 6.45) is 0.160. The molecular weight excluding hydrogens is 255 g/mol. The summed E-state index contributed by atoms with van der Waals surface area (Å²) in [4.78, 5) is 13.8. The number of halogens is 1. The first-order valence-corrected chi connectivity index (χ1v) is 6.41. The molecule has 0 saturated heterocycles. The molecule has 0 heterocycles. The smallest absolute Gasteiger partial charge is 0.231 e. The van der Waals surface area contributed by atoms with Gasteiger partial charge in [0.05, 0.1) is 6.42 Å². The Balaban J connectivity index is 2.16. The lowest BCUT2D eigenvalue weighted by atomic mass is 10.1. The normalized spacial score (nSPS) is 10.3. The second-order valence-electron chi connectivity index (χ2n) is 4.59. The van der Waals surface area contributed by atoms with E-state index < -0.39 is 0 Å². The molecule has 0 saturated carbocycles. The number of anilines is 1. The Labute approximate surface area is 117 Å². The molecular formula is C16H17FN2O. The van der Waals surface area contributed by atoms with Crippen LogP contribution in [-0.2, 0) is 17.8 Å². The van der Waals surface area contributed by atoms with E-state index in [-0.39, 0.29) is 18.1 Å². The summed E-state index contributed by atoms with van der Waals surface area (Å²) in [5.74, 6) is -0.434. The van der Waals surface area contributed by atoms with Crippen molar-refractivity contribution >= 4 is 11.6 Å². The van der Waals surface area contributed by atoms with Crippen LogP contribution in [0.4, 0.5) is 10.1 Å². The lowest BCUT2D eigenvalue weighted by Gasteiger charge is -2.20. The number of hydrogen-bond donors (Lipinski definition) is 1. The van der Waals surface area contributed by atoms with E-state index in [4.69, 9.17) is 5.73 Å². The summed E-state index contributed by atoms with van der Waals surface area (Å²) in [7, 11) is 1.70. The second-order valence-corrected chi connectivity index (χ2v) is 4.59. The average Bonchev–Trinajstić information content (AvgIpc) is 2.46. The number of benzene rings is 2. The Hall–Kier alpha value is -2.20. The van der Waals surface area contributed by atoms with Gasteiger partial charge in [-0.05, 0) is 29.3 Å². The zero-order valence-electron chi connectivity index (χ0n) is 11.3. The Morgan fingerprint density at radius 2 is 1.95 bits per heavy atom. The topological polar surface area (TPSA) is 46.3 Å². The molecule has 0 aliphatic carbocycles. The molecule has 0 radical (unpaired) electrons. The maximum atomic E-state index is 13.1. The predicted molar refractivity (Wildman–Crippen MR) is 77.8 cm³/mol. The van der Waals surface area contributed by atoms with E-state index in [1.165, 1.54) is 12.1 Å². The van der Waals surface area contributed by atoms with Gasteiger partial charge in [-0.2, -0.15) is 0 Å². The lowest BCUT2D eigenvalue weighted by molar-refractivity contribution is -0.117. The van der Waals surface area contributed by atoms with Crippen LogP contribution in [0.1, 0.15) is 11.1 Å². The zero-order chi connectivity index (χ0) is 14.5. The predicted octanol–water partition coefficient (Wildman–Crippen LogP) is 2.49. The van der Waals surface area contributed by atoms with Gasteiger partial charge < -0.3 is 10.6 Å². The van der Waals surface area contributed by atoms with Crippen LogP contribution in [0, 0.1) is 5.82 Å². The van der Waals surface area contributed by atoms with Crippen molar-refractivity contribution in [2.75, 3.05) is 11.9 Å². The van der Waals surface area contributed by atoms with Crippen LogP contribution in [0.5, 0.6) is 0 Å². The van der Waals surface area contributed by atoms with E-state index in [0.29, 0.717) is 12.1 Å². The maximum absolute atomic E-state index is 13.1. The fourth-order valence-corrected chi connectivity index (χ4v) is 2.09. The highest BCUT2D eigenvalue weighted by Gasteiger charge is 2.14. The summed E-state index contributed by atoms with van der Waals surface area (Å²) in [6.45, 7) is 0.369. The van der Waals surface area contributed by atoms with Crippen molar-refractivity contribution in [2.24, 2.45) is 5.73 Å². The molecule has 104 valence electrons. The molecule has 2 rings (SSSR count). The van der Waals surface area contributed by atoms with Crippen molar-refractivity contribution in [3.05, 3.63) is 65.5 Å². The first-order chi connectivity index (χ1) is 9.61. The molecule has 0 fully saturated rings. The molecule has 1 amide bonds. The zero-order valence-corrected chi connectivity index (χ0v) is 11.3. The molecule has 2 N–H and O–H groups in total. The van der Waals surface area contributed by atoms with Crippen molar-refractivity contribution in [1.82, 2.24) is 0 Å². The number of likely N-dealkylation sites (N-methyl/N-ethyl adjacent to an activating group) is 1. The third-order valence-electron chi connectivity index (χ3n) is 3.19. The SMILES string of the molecule is CN(C(=O)Cc1cccc(F)c1)c1ccccc1CN. The highest BCUT2D eigenvalue weighted by atomic mass is 19.1. The van der Waals surface area contributed by atoms with Gasteiger partial charge in [0.2, 0.25) is 5.91 Å². The first kappa shape index (κ1) is 14.2. The van der Waals surface area contributed by atoms with Crippen LogP contribution in [0.25, 0.3) is 0 Å². The Morgan fingerprint density at radius 3 is 2.65 bits per heavy atom. The van der Waals surface area contributed by atoms with Gasteiger partial charge in [-0.15, -0.1) is 0 Å². The van der Waals surface area contributed by atoms with Crippen molar-refractivity contribution in [1.29, 1.82) is 0 Å². The van der Waals surface area contributed by atoms with E-state index in [0.717, 1.165) is 11.3 Å². The van der Waals surface area contributed by atoms with Crippen LogP contribution >= 0.6 is 0 Å². The number of carbonyl (C=O) groups is 1. The molecule has 2 aromatic rings. The van der Waals surface area contributed by atoms with Gasteiger partial charge in [-0.1, -0.05) is 30.3 Å². The standard InChI is InChI=1S/C16H17FN2O/c1-19(15-8-3-2-6-13(15)11-18)16(20)10-12-5-4-7-14(17)9-12/h2-9H,10-11,18H2,1H3. The summed E-state index contributed by atoms with van der Waals surface area (Å²) in [6, 6.07) is 13.6. The van der Waals surface area contributed by atoms with Crippen LogP contribution in [-0.4, -0.2) is 13.0 Å². The summed E-state index contributed by atoms with van der Waals surface area (Å²) < 4.78 is 13.1. The van der Waals surface area contributed by atoms with Gasteiger partial charge in [0.1, 0.15) is 5.82 Å². The van der Waals surface area contributed by atoms with Crippen LogP contribution in [0.2, 0.25) is 0 Å². The highest BCUT2D eigenvalue weighted by Crippen LogP contribution is 2.19. The molecule has 0 aromatic heterocycles. The van der Waals surface area contributed by atoms with E-state index in [9.17, 15) is 9.18 Å². The number of nitrogens with two attached hydrogens (primary N) is 1. The van der Waals surface area contributed by atoms with E-state index in [1.54, 1.807) is 24.1 Å². The number of amides is 1. The number of nitrogens with zero attached hydrogens (tertiary/aromatic N) is 1. The third-order valence-corrected chi connectivity index (χ3v) is 3.19. The van der Waals surface area contributed by atoms with E-state index in [2.05, 4.69) is 0 Å². The molecule has 0 aliphatic heterocycles. The number of rotatable bonds is 4. The number of carbonyl (C=O) groups excluding carboxylic acids is 1. The Morgan fingerprint density at radius 1 is 1.20 bits per heavy atom. The van der Waals surface area contributed by atoms with Crippen LogP contribution < -0.4 is 10.6 Å². The first-order valence-electron chi connectivity index (χ1n) is 6.41. The lowest BCUT2D eigenvalue weighted by Crippen LogP contribution is -2.29.